The third-order valence-corrected chi connectivity index (χ3v) is 3.91. The average Bonchev–Trinajstić information content (AvgIpc) is 3.15. The monoisotopic (exact) mass is 287 g/mol. The third-order valence-electron chi connectivity index (χ3n) is 3.91. The van der Waals surface area contributed by atoms with Crippen LogP contribution in [0.15, 0.2) is 18.2 Å². The Morgan fingerprint density at radius 2 is 2.05 bits per heavy atom. The third kappa shape index (κ3) is 3.01. The SMILES string of the molecule is CC(C)C(=O)N1CCc2cc(NC(=O)NC3CC3)ccc21. The Balaban J connectivity index is 1.70. The fraction of sp³-hybridized carbons (Fsp3) is 0.500. The van der Waals surface area contributed by atoms with E-state index < -0.39 is 0 Å². The van der Waals surface area contributed by atoms with E-state index in [1.54, 1.807) is 0 Å². The second-order valence-corrected chi connectivity index (χ2v) is 6.11. The van der Waals surface area contributed by atoms with Crippen molar-refractivity contribution in [3.63, 3.8) is 0 Å². The molecule has 1 aromatic carbocycles. The molecule has 5 heteroatoms. The summed E-state index contributed by atoms with van der Waals surface area (Å²) in [5.74, 6) is 0.152. The van der Waals surface area contributed by atoms with E-state index in [4.69, 9.17) is 0 Å². The molecule has 1 saturated carbocycles. The number of carbonyl (C=O) groups is 2. The molecule has 0 atom stereocenters. The van der Waals surface area contributed by atoms with E-state index >= 15 is 0 Å². The number of nitrogens with zero attached hydrogens (tertiary/aromatic N) is 1. The Morgan fingerprint density at radius 3 is 2.71 bits per heavy atom. The molecule has 1 heterocycles. The molecule has 2 aliphatic rings. The Hall–Kier alpha value is -2.04. The van der Waals surface area contributed by atoms with Gasteiger partial charge in [-0.15, -0.1) is 0 Å². The number of nitrogens with one attached hydrogen (secondary N) is 2. The van der Waals surface area contributed by atoms with Crippen LogP contribution in [0.2, 0.25) is 0 Å². The molecule has 1 aromatic rings. The maximum Gasteiger partial charge on any atom is 0.319 e. The summed E-state index contributed by atoms with van der Waals surface area (Å²) in [5, 5.41) is 5.75. The molecule has 0 aromatic heterocycles. The largest absolute Gasteiger partial charge is 0.335 e. The summed E-state index contributed by atoms with van der Waals surface area (Å²) in [4.78, 5) is 25.7. The highest BCUT2D eigenvalue weighted by Crippen LogP contribution is 2.31. The zero-order chi connectivity index (χ0) is 15.0. The number of amides is 3. The molecule has 2 N–H and O–H groups in total. The lowest BCUT2D eigenvalue weighted by molar-refractivity contribution is -0.121. The van der Waals surface area contributed by atoms with Crippen molar-refractivity contribution >= 4 is 23.3 Å². The van der Waals surface area contributed by atoms with Gasteiger partial charge in [0.2, 0.25) is 5.91 Å². The Kier molecular flexibility index (Phi) is 3.57. The normalized spacial score (nSPS) is 16.8. The van der Waals surface area contributed by atoms with Gasteiger partial charge in [-0.2, -0.15) is 0 Å². The van der Waals surface area contributed by atoms with Gasteiger partial charge in [-0.05, 0) is 43.0 Å². The lowest BCUT2D eigenvalue weighted by atomic mass is 10.1. The number of benzene rings is 1. The molecule has 0 radical (unpaired) electrons. The first-order chi connectivity index (χ1) is 10.0. The number of anilines is 2. The van der Waals surface area contributed by atoms with Crippen LogP contribution in [0.5, 0.6) is 0 Å². The highest BCUT2D eigenvalue weighted by molar-refractivity contribution is 5.97. The van der Waals surface area contributed by atoms with Gasteiger partial charge in [0.15, 0.2) is 0 Å². The predicted octanol–water partition coefficient (Wildman–Crippen LogP) is 2.52. The number of hydrogen-bond donors (Lipinski definition) is 2. The van der Waals surface area contributed by atoms with Gasteiger partial charge in [0, 0.05) is 29.9 Å². The predicted molar refractivity (Wildman–Crippen MR) is 82.5 cm³/mol. The van der Waals surface area contributed by atoms with Crippen LogP contribution < -0.4 is 15.5 Å². The summed E-state index contributed by atoms with van der Waals surface area (Å²) in [6, 6.07) is 5.95. The van der Waals surface area contributed by atoms with Crippen molar-refractivity contribution in [2.24, 2.45) is 5.92 Å². The molecule has 1 aliphatic heterocycles. The fourth-order valence-electron chi connectivity index (χ4n) is 2.60. The first kappa shape index (κ1) is 13.9. The quantitative estimate of drug-likeness (QED) is 0.897. The molecular weight excluding hydrogens is 266 g/mol. The fourth-order valence-corrected chi connectivity index (χ4v) is 2.60. The van der Waals surface area contributed by atoms with E-state index in [0.29, 0.717) is 6.04 Å². The lowest BCUT2D eigenvalue weighted by Crippen LogP contribution is -2.32. The molecule has 0 bridgehead atoms. The first-order valence-corrected chi connectivity index (χ1v) is 7.56. The van der Waals surface area contributed by atoms with E-state index in [2.05, 4.69) is 10.6 Å². The molecule has 1 fully saturated rings. The Bertz CT molecular complexity index is 579. The zero-order valence-electron chi connectivity index (χ0n) is 12.5. The minimum absolute atomic E-state index is 0.00179. The van der Waals surface area contributed by atoms with Gasteiger partial charge in [-0.3, -0.25) is 4.79 Å². The molecule has 3 rings (SSSR count). The van der Waals surface area contributed by atoms with E-state index in [1.807, 2.05) is 36.9 Å². The van der Waals surface area contributed by atoms with Crippen molar-refractivity contribution in [1.82, 2.24) is 5.32 Å². The number of carbonyl (C=O) groups excluding carboxylic acids is 2. The number of hydrogen-bond acceptors (Lipinski definition) is 2. The van der Waals surface area contributed by atoms with Crippen LogP contribution in [0.1, 0.15) is 32.3 Å². The van der Waals surface area contributed by atoms with Gasteiger partial charge in [0.1, 0.15) is 0 Å². The zero-order valence-corrected chi connectivity index (χ0v) is 12.5. The van der Waals surface area contributed by atoms with Crippen LogP contribution >= 0.6 is 0 Å². The first-order valence-electron chi connectivity index (χ1n) is 7.56. The van der Waals surface area contributed by atoms with Gasteiger partial charge in [-0.25, -0.2) is 4.79 Å². The lowest BCUT2D eigenvalue weighted by Gasteiger charge is -2.19. The summed E-state index contributed by atoms with van der Waals surface area (Å²) in [7, 11) is 0. The summed E-state index contributed by atoms with van der Waals surface area (Å²) in [5.41, 5.74) is 2.88. The topological polar surface area (TPSA) is 61.4 Å². The molecule has 112 valence electrons. The summed E-state index contributed by atoms with van der Waals surface area (Å²) in [6.07, 6.45) is 2.99. The van der Waals surface area contributed by atoms with Crippen molar-refractivity contribution < 1.29 is 9.59 Å². The average molecular weight is 287 g/mol. The van der Waals surface area contributed by atoms with E-state index in [9.17, 15) is 9.59 Å². The van der Waals surface area contributed by atoms with Crippen LogP contribution in [0.25, 0.3) is 0 Å². The maximum atomic E-state index is 12.1. The van der Waals surface area contributed by atoms with Gasteiger partial charge in [0.25, 0.3) is 0 Å². The summed E-state index contributed by atoms with van der Waals surface area (Å²) in [6.45, 7) is 4.56. The molecular formula is C16H21N3O2. The van der Waals surface area contributed by atoms with Gasteiger partial charge in [0.05, 0.1) is 0 Å². The van der Waals surface area contributed by atoms with Crippen molar-refractivity contribution in [2.45, 2.75) is 39.2 Å². The maximum absolute atomic E-state index is 12.1. The number of urea groups is 1. The molecule has 21 heavy (non-hydrogen) atoms. The van der Waals surface area contributed by atoms with Crippen molar-refractivity contribution in [3.05, 3.63) is 23.8 Å². The Labute approximate surface area is 124 Å². The van der Waals surface area contributed by atoms with Crippen molar-refractivity contribution in [1.29, 1.82) is 0 Å². The standard InChI is InChI=1S/C16H21N3O2/c1-10(2)15(20)19-8-7-11-9-13(5-6-14(11)19)18-16(21)17-12-3-4-12/h5-6,9-10,12H,3-4,7-8H2,1-2H3,(H2,17,18,21). The highest BCUT2D eigenvalue weighted by atomic mass is 16.2. The molecule has 5 nitrogen and oxygen atoms in total. The smallest absolute Gasteiger partial charge is 0.319 e. The van der Waals surface area contributed by atoms with E-state index in [1.165, 1.54) is 0 Å². The number of fused-ring (bicyclic) bond motifs is 1. The van der Waals surface area contributed by atoms with Crippen LogP contribution in [0.4, 0.5) is 16.2 Å². The van der Waals surface area contributed by atoms with E-state index in [-0.39, 0.29) is 17.9 Å². The molecule has 0 saturated heterocycles. The number of rotatable bonds is 3. The minimum Gasteiger partial charge on any atom is -0.335 e. The highest BCUT2D eigenvalue weighted by Gasteiger charge is 2.27. The van der Waals surface area contributed by atoms with Gasteiger partial charge < -0.3 is 15.5 Å². The molecule has 1 aliphatic carbocycles. The molecule has 0 unspecified atom stereocenters. The summed E-state index contributed by atoms with van der Waals surface area (Å²) >= 11 is 0. The molecule has 0 spiro atoms. The summed E-state index contributed by atoms with van der Waals surface area (Å²) < 4.78 is 0. The van der Waals surface area contributed by atoms with Gasteiger partial charge in [-0.1, -0.05) is 13.8 Å². The van der Waals surface area contributed by atoms with Crippen LogP contribution in [0.3, 0.4) is 0 Å². The van der Waals surface area contributed by atoms with Crippen molar-refractivity contribution in [2.75, 3.05) is 16.8 Å². The minimum atomic E-state index is -0.148. The van der Waals surface area contributed by atoms with Crippen LogP contribution in [-0.4, -0.2) is 24.5 Å². The van der Waals surface area contributed by atoms with Crippen molar-refractivity contribution in [3.8, 4) is 0 Å². The second-order valence-electron chi connectivity index (χ2n) is 6.11. The Morgan fingerprint density at radius 1 is 1.29 bits per heavy atom. The van der Waals surface area contributed by atoms with E-state index in [0.717, 1.165) is 42.7 Å². The molecule has 3 amide bonds. The van der Waals surface area contributed by atoms with Crippen LogP contribution in [-0.2, 0) is 11.2 Å². The second kappa shape index (κ2) is 5.39. The van der Waals surface area contributed by atoms with Gasteiger partial charge >= 0.3 is 6.03 Å². The van der Waals surface area contributed by atoms with Crippen LogP contribution in [0, 0.1) is 5.92 Å².